The summed E-state index contributed by atoms with van der Waals surface area (Å²) in [5, 5.41) is 3.64. The number of rotatable bonds is 6. The van der Waals surface area contributed by atoms with Crippen molar-refractivity contribution < 1.29 is 0 Å². The fourth-order valence-electron chi connectivity index (χ4n) is 2.49. The van der Waals surface area contributed by atoms with Crippen LogP contribution in [-0.4, -0.2) is 6.54 Å². The van der Waals surface area contributed by atoms with Gasteiger partial charge in [-0.3, -0.25) is 0 Å². The lowest BCUT2D eigenvalue weighted by molar-refractivity contribution is 0.533. The lowest BCUT2D eigenvalue weighted by atomic mass is 10.0. The highest BCUT2D eigenvalue weighted by Crippen LogP contribution is 2.33. The smallest absolute Gasteiger partial charge is 0.0291 e. The molecule has 0 aromatic heterocycles. The van der Waals surface area contributed by atoms with Crippen LogP contribution in [0, 0.1) is 19.8 Å². The normalized spacial score (nSPS) is 17.1. The van der Waals surface area contributed by atoms with Crippen molar-refractivity contribution >= 4 is 0 Å². The molecule has 1 saturated carbocycles. The fourth-order valence-corrected chi connectivity index (χ4v) is 2.49. The summed E-state index contributed by atoms with van der Waals surface area (Å²) in [6, 6.07) is 7.31. The molecule has 2 rings (SSSR count). The standard InChI is InChI=1S/C16H25N/c1-12-9-13(2)11-16(10-12)14(3)17-8-4-5-15-6-7-15/h9-11,14-15,17H,4-8H2,1-3H3. The molecule has 0 aliphatic heterocycles. The Hall–Kier alpha value is -0.820. The predicted molar refractivity (Wildman–Crippen MR) is 74.3 cm³/mol. The maximum Gasteiger partial charge on any atom is 0.0291 e. The number of nitrogens with one attached hydrogen (secondary N) is 1. The van der Waals surface area contributed by atoms with Crippen molar-refractivity contribution in [2.24, 2.45) is 5.92 Å². The van der Waals surface area contributed by atoms with Crippen molar-refractivity contribution in [3.8, 4) is 0 Å². The first-order valence-electron chi connectivity index (χ1n) is 6.97. The molecule has 1 atom stereocenters. The van der Waals surface area contributed by atoms with Gasteiger partial charge in [0, 0.05) is 6.04 Å². The number of benzene rings is 1. The van der Waals surface area contributed by atoms with Gasteiger partial charge in [0.15, 0.2) is 0 Å². The third kappa shape index (κ3) is 4.16. The van der Waals surface area contributed by atoms with Crippen LogP contribution in [0.5, 0.6) is 0 Å². The van der Waals surface area contributed by atoms with E-state index in [1.54, 1.807) is 0 Å². The minimum absolute atomic E-state index is 0.479. The minimum atomic E-state index is 0.479. The van der Waals surface area contributed by atoms with Crippen LogP contribution in [0.4, 0.5) is 0 Å². The maximum atomic E-state index is 3.64. The van der Waals surface area contributed by atoms with Crippen molar-refractivity contribution in [2.75, 3.05) is 6.54 Å². The molecule has 0 heterocycles. The predicted octanol–water partition coefficient (Wildman–Crippen LogP) is 4.14. The van der Waals surface area contributed by atoms with E-state index < -0.39 is 0 Å². The van der Waals surface area contributed by atoms with Gasteiger partial charge in [-0.2, -0.15) is 0 Å². The zero-order chi connectivity index (χ0) is 12.3. The van der Waals surface area contributed by atoms with Crippen molar-refractivity contribution in [1.29, 1.82) is 0 Å². The van der Waals surface area contributed by atoms with E-state index in [9.17, 15) is 0 Å². The molecule has 1 aliphatic carbocycles. The zero-order valence-electron chi connectivity index (χ0n) is 11.4. The molecule has 0 bridgehead atoms. The van der Waals surface area contributed by atoms with Crippen LogP contribution in [0.25, 0.3) is 0 Å². The van der Waals surface area contributed by atoms with E-state index in [4.69, 9.17) is 0 Å². The monoisotopic (exact) mass is 231 g/mol. The van der Waals surface area contributed by atoms with Gasteiger partial charge in [-0.1, -0.05) is 42.2 Å². The Kier molecular flexibility index (Phi) is 4.22. The summed E-state index contributed by atoms with van der Waals surface area (Å²) in [6.07, 6.45) is 5.71. The lowest BCUT2D eigenvalue weighted by Crippen LogP contribution is -2.20. The van der Waals surface area contributed by atoms with E-state index >= 15 is 0 Å². The fraction of sp³-hybridized carbons (Fsp3) is 0.625. The van der Waals surface area contributed by atoms with Gasteiger partial charge in [0.25, 0.3) is 0 Å². The van der Waals surface area contributed by atoms with Crippen molar-refractivity contribution in [3.63, 3.8) is 0 Å². The molecule has 94 valence electrons. The van der Waals surface area contributed by atoms with Crippen LogP contribution in [0.1, 0.15) is 55.3 Å². The highest BCUT2D eigenvalue weighted by molar-refractivity contribution is 5.30. The van der Waals surface area contributed by atoms with Crippen LogP contribution in [0.3, 0.4) is 0 Å². The molecular weight excluding hydrogens is 206 g/mol. The molecule has 0 saturated heterocycles. The van der Waals surface area contributed by atoms with Gasteiger partial charge in [0.05, 0.1) is 0 Å². The van der Waals surface area contributed by atoms with Gasteiger partial charge in [-0.15, -0.1) is 0 Å². The average molecular weight is 231 g/mol. The van der Waals surface area contributed by atoms with Gasteiger partial charge in [0.2, 0.25) is 0 Å². The van der Waals surface area contributed by atoms with Crippen molar-refractivity contribution in [3.05, 3.63) is 34.9 Å². The summed E-state index contributed by atoms with van der Waals surface area (Å²) in [5.41, 5.74) is 4.16. The highest BCUT2D eigenvalue weighted by atomic mass is 14.9. The zero-order valence-corrected chi connectivity index (χ0v) is 11.4. The quantitative estimate of drug-likeness (QED) is 0.725. The third-order valence-corrected chi connectivity index (χ3v) is 3.68. The Morgan fingerprint density at radius 2 is 1.82 bits per heavy atom. The topological polar surface area (TPSA) is 12.0 Å². The first-order chi connectivity index (χ1) is 8.15. The molecule has 1 nitrogen and oxygen atoms in total. The molecule has 1 aromatic rings. The van der Waals surface area contributed by atoms with Gasteiger partial charge in [-0.25, -0.2) is 0 Å². The second kappa shape index (κ2) is 5.68. The first kappa shape index (κ1) is 12.6. The first-order valence-corrected chi connectivity index (χ1v) is 6.97. The summed E-state index contributed by atoms with van der Waals surface area (Å²) in [4.78, 5) is 0. The van der Waals surface area contributed by atoms with Crippen molar-refractivity contribution in [1.82, 2.24) is 5.32 Å². The van der Waals surface area contributed by atoms with Crippen LogP contribution >= 0.6 is 0 Å². The molecule has 1 fully saturated rings. The summed E-state index contributed by atoms with van der Waals surface area (Å²) in [5.74, 6) is 1.06. The molecule has 1 heteroatoms. The van der Waals surface area contributed by atoms with Gasteiger partial charge in [0.1, 0.15) is 0 Å². The lowest BCUT2D eigenvalue weighted by Gasteiger charge is -2.15. The SMILES string of the molecule is Cc1cc(C)cc(C(C)NCCCC2CC2)c1. The molecule has 17 heavy (non-hydrogen) atoms. The van der Waals surface area contributed by atoms with Gasteiger partial charge >= 0.3 is 0 Å². The van der Waals surface area contributed by atoms with Gasteiger partial charge in [-0.05, 0) is 51.6 Å². The van der Waals surface area contributed by atoms with E-state index in [2.05, 4.69) is 44.3 Å². The minimum Gasteiger partial charge on any atom is -0.310 e. The second-order valence-electron chi connectivity index (χ2n) is 5.68. The molecule has 1 N–H and O–H groups in total. The molecule has 0 amide bonds. The van der Waals surface area contributed by atoms with Crippen LogP contribution in [-0.2, 0) is 0 Å². The molecule has 0 spiro atoms. The van der Waals surface area contributed by atoms with Crippen LogP contribution in [0.15, 0.2) is 18.2 Å². The Labute approximate surface area is 106 Å². The average Bonchev–Trinajstić information content (AvgIpc) is 3.06. The van der Waals surface area contributed by atoms with E-state index in [1.165, 1.54) is 42.4 Å². The summed E-state index contributed by atoms with van der Waals surface area (Å²) in [7, 11) is 0. The van der Waals surface area contributed by atoms with Crippen molar-refractivity contribution in [2.45, 2.75) is 52.5 Å². The Morgan fingerprint density at radius 1 is 1.18 bits per heavy atom. The molecule has 1 aromatic carbocycles. The van der Waals surface area contributed by atoms with Crippen LogP contribution < -0.4 is 5.32 Å². The van der Waals surface area contributed by atoms with Crippen LogP contribution in [0.2, 0.25) is 0 Å². The highest BCUT2D eigenvalue weighted by Gasteiger charge is 2.20. The molecular formula is C16H25N. The van der Waals surface area contributed by atoms with E-state index in [-0.39, 0.29) is 0 Å². The van der Waals surface area contributed by atoms with E-state index in [0.29, 0.717) is 6.04 Å². The largest absolute Gasteiger partial charge is 0.310 e. The number of hydrogen-bond donors (Lipinski definition) is 1. The maximum absolute atomic E-state index is 3.64. The Bertz CT molecular complexity index is 346. The molecule has 1 aliphatic rings. The molecule has 0 radical (unpaired) electrons. The second-order valence-corrected chi connectivity index (χ2v) is 5.68. The summed E-state index contributed by atoms with van der Waals surface area (Å²) in [6.45, 7) is 7.78. The summed E-state index contributed by atoms with van der Waals surface area (Å²) < 4.78 is 0. The Balaban J connectivity index is 1.78. The third-order valence-electron chi connectivity index (χ3n) is 3.68. The summed E-state index contributed by atoms with van der Waals surface area (Å²) >= 11 is 0. The van der Waals surface area contributed by atoms with E-state index in [0.717, 1.165) is 12.5 Å². The molecule has 1 unspecified atom stereocenters. The van der Waals surface area contributed by atoms with Gasteiger partial charge < -0.3 is 5.32 Å². The Morgan fingerprint density at radius 3 is 2.41 bits per heavy atom. The van der Waals surface area contributed by atoms with E-state index in [1.807, 2.05) is 0 Å². The number of aryl methyl sites for hydroxylation is 2. The number of hydrogen-bond acceptors (Lipinski definition) is 1.